The van der Waals surface area contributed by atoms with Gasteiger partial charge in [-0.1, -0.05) is 36.4 Å². The number of piperazine rings is 2. The van der Waals surface area contributed by atoms with Gasteiger partial charge in [0.05, 0.1) is 42.4 Å². The maximum absolute atomic E-state index is 14.0. The third-order valence-corrected chi connectivity index (χ3v) is 14.9. The maximum Gasteiger partial charge on any atom is 0.169 e. The fourth-order valence-electron chi connectivity index (χ4n) is 11.0. The number of pyridine rings is 2. The van der Waals surface area contributed by atoms with E-state index < -0.39 is 0 Å². The fraction of sp³-hybridized carbons (Fsp3) is 0.375. The van der Waals surface area contributed by atoms with Crippen LogP contribution >= 0.6 is 0 Å². The lowest BCUT2D eigenvalue weighted by atomic mass is 10.0. The number of hydrogen-bond acceptors (Lipinski definition) is 15. The van der Waals surface area contributed by atoms with Gasteiger partial charge in [-0.25, -0.2) is 37.7 Å². The Bertz CT molecular complexity index is 3230. The molecular weight excluding hydrogens is 955 g/mol. The van der Waals surface area contributed by atoms with E-state index >= 15 is 0 Å². The van der Waals surface area contributed by atoms with Crippen LogP contribution in [0.2, 0.25) is 0 Å². The van der Waals surface area contributed by atoms with E-state index in [0.29, 0.717) is 6.54 Å². The molecule has 17 nitrogen and oxygen atoms in total. The van der Waals surface area contributed by atoms with Crippen LogP contribution in [0.5, 0.6) is 0 Å². The Hall–Kier alpha value is -7.45. The highest BCUT2D eigenvalue weighted by Crippen LogP contribution is 2.38. The van der Waals surface area contributed by atoms with Crippen molar-refractivity contribution in [3.8, 4) is 22.8 Å². The number of fused-ring (bicyclic) bond motifs is 2. The summed E-state index contributed by atoms with van der Waals surface area (Å²) in [4.78, 5) is 43.5. The molecule has 4 fully saturated rings. The van der Waals surface area contributed by atoms with Gasteiger partial charge in [-0.15, -0.1) is 10.2 Å². The van der Waals surface area contributed by atoms with Crippen LogP contribution in [0.15, 0.2) is 122 Å². The molecule has 0 amide bonds. The number of ether oxygens (including phenoxy) is 2. The van der Waals surface area contributed by atoms with Gasteiger partial charge >= 0.3 is 0 Å². The van der Waals surface area contributed by atoms with E-state index in [2.05, 4.69) is 45.4 Å². The minimum absolute atomic E-state index is 0.0944. The van der Waals surface area contributed by atoms with Crippen LogP contribution in [-0.2, 0) is 14.3 Å². The molecule has 0 N–H and O–H groups in total. The van der Waals surface area contributed by atoms with Crippen molar-refractivity contribution in [1.29, 1.82) is 0 Å². The molecule has 8 aromatic rings. The third-order valence-electron chi connectivity index (χ3n) is 14.9. The molecule has 2 atom stereocenters. The Morgan fingerprint density at radius 2 is 1.03 bits per heavy atom. The minimum Gasteiger partial charge on any atom is -0.355 e. The summed E-state index contributed by atoms with van der Waals surface area (Å²) in [5.74, 6) is 3.13. The summed E-state index contributed by atoms with van der Waals surface area (Å²) < 4.78 is 42.3. The van der Waals surface area contributed by atoms with Gasteiger partial charge in [0, 0.05) is 86.2 Å². The normalized spacial score (nSPS) is 18.6. The van der Waals surface area contributed by atoms with Gasteiger partial charge in [0.15, 0.2) is 17.6 Å². The SMILES string of the molecule is COC(CN1CCN(c2cccc(-c3cnc4ccc(N5CCC[C@@H]5c5cccc(F)c5)nn34)n2)CC1)OC.O=CCN1CCN(c2cccc(-c3cnc4ccc(N5CCCC5c5cccc(F)c5)nn34)n2)CC1. The minimum atomic E-state index is -0.213. The van der Waals surface area contributed by atoms with Crippen molar-refractivity contribution in [1.82, 2.24) is 49.0 Å². The van der Waals surface area contributed by atoms with Gasteiger partial charge < -0.3 is 33.9 Å². The molecule has 0 radical (unpaired) electrons. The largest absolute Gasteiger partial charge is 0.355 e. The van der Waals surface area contributed by atoms with Crippen molar-refractivity contribution in [3.05, 3.63) is 144 Å². The highest BCUT2D eigenvalue weighted by Gasteiger charge is 2.30. The zero-order chi connectivity index (χ0) is 51.3. The number of anilines is 4. The Morgan fingerprint density at radius 1 is 0.560 bits per heavy atom. The van der Waals surface area contributed by atoms with E-state index in [9.17, 15) is 13.6 Å². The van der Waals surface area contributed by atoms with E-state index in [0.717, 1.165) is 172 Å². The van der Waals surface area contributed by atoms with E-state index in [1.807, 2.05) is 88.2 Å². The first kappa shape index (κ1) is 49.7. The Kier molecular flexibility index (Phi) is 15.0. The van der Waals surface area contributed by atoms with E-state index in [1.54, 1.807) is 38.5 Å². The van der Waals surface area contributed by atoms with Crippen molar-refractivity contribution >= 4 is 40.9 Å². The molecule has 0 aliphatic carbocycles. The molecule has 75 heavy (non-hydrogen) atoms. The number of aromatic nitrogens is 8. The summed E-state index contributed by atoms with van der Waals surface area (Å²) in [6.45, 7) is 9.90. The zero-order valence-electron chi connectivity index (χ0n) is 42.4. The molecule has 19 heteroatoms. The first-order valence-electron chi connectivity index (χ1n) is 25.9. The lowest BCUT2D eigenvalue weighted by Gasteiger charge is -2.36. The molecule has 4 aliphatic rings. The second-order valence-corrected chi connectivity index (χ2v) is 19.4. The lowest BCUT2D eigenvalue weighted by molar-refractivity contribution is -0.116. The number of methoxy groups -OCH3 is 2. The van der Waals surface area contributed by atoms with Crippen molar-refractivity contribution in [2.24, 2.45) is 0 Å². The molecule has 10 heterocycles. The van der Waals surface area contributed by atoms with Crippen LogP contribution in [0, 0.1) is 11.6 Å². The van der Waals surface area contributed by atoms with Gasteiger partial charge in [-0.3, -0.25) is 9.80 Å². The standard InChI is InChI=1S/C29H34FN7O2.C27H28FN7O/c1-38-29(39-2)20-34-14-16-35(17-15-34)27-10-4-8-23(32-27)25-19-31-26-11-12-28(33-37(25)26)36-13-5-9-24(36)21-6-3-7-22(30)18-21;28-21-5-1-4-20(18-21)23-7-3-11-34(23)27-10-9-25-29-19-24(35(25)31-27)22-6-2-8-26(30-22)33-14-12-32(13-15-33)16-17-36/h3-4,6-8,10-12,18-19,24,29H,5,9,13-17,20H2,1-2H3;1-2,4-6,8-10,17-19,23H,3,7,11-16H2/t24-;/m1./s1. The highest BCUT2D eigenvalue weighted by atomic mass is 19.1. The van der Waals surface area contributed by atoms with E-state index in [1.165, 1.54) is 12.1 Å². The van der Waals surface area contributed by atoms with E-state index in [-0.39, 0.29) is 30.0 Å². The summed E-state index contributed by atoms with van der Waals surface area (Å²) in [5, 5.41) is 9.95. The molecule has 388 valence electrons. The molecular formula is C56H62F2N14O3. The van der Waals surface area contributed by atoms with Gasteiger partial charge in [-0.05, 0) is 110 Å². The van der Waals surface area contributed by atoms with Crippen LogP contribution in [0.25, 0.3) is 34.1 Å². The van der Waals surface area contributed by atoms with Gasteiger partial charge in [0.2, 0.25) is 0 Å². The van der Waals surface area contributed by atoms with Gasteiger partial charge in [-0.2, -0.15) is 0 Å². The smallest absolute Gasteiger partial charge is 0.169 e. The van der Waals surface area contributed by atoms with E-state index in [4.69, 9.17) is 29.6 Å². The van der Waals surface area contributed by atoms with Crippen LogP contribution in [-0.4, -0.2) is 154 Å². The number of imidazole rings is 2. The Morgan fingerprint density at radius 3 is 1.48 bits per heavy atom. The molecule has 4 saturated heterocycles. The number of carbonyl (C=O) groups excluding carboxylic acids is 1. The maximum atomic E-state index is 14.0. The topological polar surface area (TPSA) is 141 Å². The summed E-state index contributed by atoms with van der Waals surface area (Å²) in [7, 11) is 3.34. The molecule has 4 aliphatic heterocycles. The van der Waals surface area contributed by atoms with Crippen molar-refractivity contribution in [3.63, 3.8) is 0 Å². The average Bonchev–Trinajstić information content (AvgIpc) is 4.31. The summed E-state index contributed by atoms with van der Waals surface area (Å²) in [6, 6.07) is 34.0. The lowest BCUT2D eigenvalue weighted by Crippen LogP contribution is -2.49. The zero-order valence-corrected chi connectivity index (χ0v) is 42.4. The van der Waals surface area contributed by atoms with Crippen LogP contribution < -0.4 is 19.6 Å². The van der Waals surface area contributed by atoms with Crippen molar-refractivity contribution in [2.75, 3.05) is 112 Å². The number of aldehydes is 1. The van der Waals surface area contributed by atoms with Crippen molar-refractivity contribution < 1.29 is 23.0 Å². The summed E-state index contributed by atoms with van der Waals surface area (Å²) >= 11 is 0. The predicted octanol–water partition coefficient (Wildman–Crippen LogP) is 7.61. The monoisotopic (exact) mass is 1020 g/mol. The molecule has 0 spiro atoms. The number of nitrogens with zero attached hydrogens (tertiary/aromatic N) is 14. The molecule has 6 aromatic heterocycles. The number of benzene rings is 2. The second kappa shape index (κ2) is 22.6. The fourth-order valence-corrected chi connectivity index (χ4v) is 11.0. The average molecular weight is 1020 g/mol. The van der Waals surface area contributed by atoms with Crippen LogP contribution in [0.4, 0.5) is 32.1 Å². The number of rotatable bonds is 14. The number of halogens is 2. The second-order valence-electron chi connectivity index (χ2n) is 19.4. The van der Waals surface area contributed by atoms with Gasteiger partial charge in [0.25, 0.3) is 0 Å². The molecule has 1 unspecified atom stereocenters. The Balaban J connectivity index is 0.000000161. The third kappa shape index (κ3) is 10.9. The summed E-state index contributed by atoms with van der Waals surface area (Å²) in [6.07, 6.45) is 8.39. The predicted molar refractivity (Wildman–Crippen MR) is 285 cm³/mol. The van der Waals surface area contributed by atoms with Crippen molar-refractivity contribution in [2.45, 2.75) is 44.1 Å². The molecule has 2 aromatic carbocycles. The summed E-state index contributed by atoms with van der Waals surface area (Å²) in [5.41, 5.74) is 6.79. The van der Waals surface area contributed by atoms with Gasteiger partial charge in [0.1, 0.15) is 52.6 Å². The molecule has 12 rings (SSSR count). The highest BCUT2D eigenvalue weighted by molar-refractivity contribution is 5.64. The van der Waals surface area contributed by atoms with Crippen LogP contribution in [0.1, 0.15) is 48.9 Å². The Labute approximate surface area is 434 Å². The number of carbonyl (C=O) groups is 1. The first-order valence-corrected chi connectivity index (χ1v) is 25.9. The molecule has 0 saturated carbocycles. The number of hydrogen-bond donors (Lipinski definition) is 0. The quantitative estimate of drug-likeness (QED) is 0.0779. The molecule has 0 bridgehead atoms. The van der Waals surface area contributed by atoms with Crippen LogP contribution in [0.3, 0.4) is 0 Å². The first-order chi connectivity index (χ1) is 36.8.